The molecule has 3 aromatic rings. The van der Waals surface area contributed by atoms with Crippen molar-refractivity contribution in [2.24, 2.45) is 5.10 Å². The van der Waals surface area contributed by atoms with Crippen LogP contribution in [-0.2, 0) is 11.2 Å². The van der Waals surface area contributed by atoms with E-state index >= 15 is 0 Å². The Bertz CT molecular complexity index is 920. The highest BCUT2D eigenvalue weighted by atomic mass is 32.1. The lowest BCUT2D eigenvalue weighted by Crippen LogP contribution is -2.19. The van der Waals surface area contributed by atoms with Gasteiger partial charge in [0.05, 0.1) is 25.4 Å². The van der Waals surface area contributed by atoms with Crippen molar-refractivity contribution in [1.29, 1.82) is 0 Å². The largest absolute Gasteiger partial charge is 0.496 e. The van der Waals surface area contributed by atoms with Crippen molar-refractivity contribution in [2.75, 3.05) is 7.11 Å². The Balaban J connectivity index is 1.56. The summed E-state index contributed by atoms with van der Waals surface area (Å²) in [6.45, 7) is 1.96. The van der Waals surface area contributed by atoms with Gasteiger partial charge in [0.15, 0.2) is 0 Å². The SMILES string of the molecule is COc1ccc(C=NNC(=O)Cc2csc(-c3ccccc3)n2)cc1C. The van der Waals surface area contributed by atoms with Crippen molar-refractivity contribution in [3.63, 3.8) is 0 Å². The zero-order valence-corrected chi connectivity index (χ0v) is 15.4. The maximum absolute atomic E-state index is 12.0. The Labute approximate surface area is 156 Å². The molecule has 0 saturated heterocycles. The van der Waals surface area contributed by atoms with Gasteiger partial charge in [0, 0.05) is 10.9 Å². The monoisotopic (exact) mass is 365 g/mol. The van der Waals surface area contributed by atoms with Crippen LogP contribution in [0.1, 0.15) is 16.8 Å². The third kappa shape index (κ3) is 4.55. The highest BCUT2D eigenvalue weighted by Crippen LogP contribution is 2.23. The summed E-state index contributed by atoms with van der Waals surface area (Å²) in [6.07, 6.45) is 1.81. The minimum Gasteiger partial charge on any atom is -0.496 e. The van der Waals surface area contributed by atoms with E-state index in [-0.39, 0.29) is 12.3 Å². The summed E-state index contributed by atoms with van der Waals surface area (Å²) in [5.41, 5.74) is 6.24. The summed E-state index contributed by atoms with van der Waals surface area (Å²) in [7, 11) is 1.64. The number of methoxy groups -OCH3 is 1. The summed E-state index contributed by atoms with van der Waals surface area (Å²) < 4.78 is 5.22. The first kappa shape index (κ1) is 17.8. The number of aryl methyl sites for hydroxylation is 1. The zero-order valence-electron chi connectivity index (χ0n) is 14.6. The molecule has 0 bridgehead atoms. The first-order chi connectivity index (χ1) is 12.7. The Kier molecular flexibility index (Phi) is 5.76. The fraction of sp³-hybridized carbons (Fsp3) is 0.150. The molecule has 132 valence electrons. The number of hydrazone groups is 1. The standard InChI is InChI=1S/C20H19N3O2S/c1-14-10-15(8-9-18(14)25-2)12-21-23-19(24)11-17-13-26-20(22-17)16-6-4-3-5-7-16/h3-10,12-13H,11H2,1-2H3,(H,23,24). The Morgan fingerprint density at radius 2 is 2.08 bits per heavy atom. The van der Waals surface area contributed by atoms with Crippen LogP contribution < -0.4 is 10.2 Å². The highest BCUT2D eigenvalue weighted by molar-refractivity contribution is 7.13. The first-order valence-corrected chi connectivity index (χ1v) is 9.00. The van der Waals surface area contributed by atoms with Gasteiger partial charge in [0.2, 0.25) is 5.91 Å². The molecular weight excluding hydrogens is 346 g/mol. The minimum atomic E-state index is -0.198. The number of benzene rings is 2. The second kappa shape index (κ2) is 8.40. The van der Waals surface area contributed by atoms with Crippen LogP contribution in [0.15, 0.2) is 59.0 Å². The third-order valence-electron chi connectivity index (χ3n) is 3.74. The first-order valence-electron chi connectivity index (χ1n) is 8.12. The van der Waals surface area contributed by atoms with Gasteiger partial charge >= 0.3 is 0 Å². The summed E-state index contributed by atoms with van der Waals surface area (Å²) in [6, 6.07) is 15.6. The van der Waals surface area contributed by atoms with E-state index in [4.69, 9.17) is 4.74 Å². The Morgan fingerprint density at radius 1 is 1.27 bits per heavy atom. The number of carbonyl (C=O) groups is 1. The molecule has 3 rings (SSSR count). The molecule has 0 aliphatic heterocycles. The number of ether oxygens (including phenoxy) is 1. The average Bonchev–Trinajstić information content (AvgIpc) is 3.11. The molecule has 0 radical (unpaired) electrons. The number of amides is 1. The van der Waals surface area contributed by atoms with Gasteiger partial charge in [-0.05, 0) is 36.2 Å². The van der Waals surface area contributed by atoms with Crippen LogP contribution in [0.25, 0.3) is 10.6 Å². The number of hydrogen-bond donors (Lipinski definition) is 1. The van der Waals surface area contributed by atoms with E-state index in [2.05, 4.69) is 15.5 Å². The Hall–Kier alpha value is -2.99. The Morgan fingerprint density at radius 3 is 2.81 bits per heavy atom. The molecule has 6 heteroatoms. The number of carbonyl (C=O) groups excluding carboxylic acids is 1. The van der Waals surface area contributed by atoms with Crippen LogP contribution in [0.3, 0.4) is 0 Å². The quantitative estimate of drug-likeness (QED) is 0.533. The normalized spacial score (nSPS) is 10.8. The van der Waals surface area contributed by atoms with E-state index in [9.17, 15) is 4.79 Å². The van der Waals surface area contributed by atoms with E-state index in [1.54, 1.807) is 13.3 Å². The smallest absolute Gasteiger partial charge is 0.246 e. The van der Waals surface area contributed by atoms with Gasteiger partial charge < -0.3 is 4.74 Å². The molecule has 1 heterocycles. The van der Waals surface area contributed by atoms with Gasteiger partial charge in [-0.2, -0.15) is 5.10 Å². The predicted molar refractivity (Wildman–Crippen MR) is 105 cm³/mol. The third-order valence-corrected chi connectivity index (χ3v) is 4.68. The summed E-state index contributed by atoms with van der Waals surface area (Å²) in [5.74, 6) is 0.625. The summed E-state index contributed by atoms with van der Waals surface area (Å²) in [4.78, 5) is 16.5. The van der Waals surface area contributed by atoms with Crippen molar-refractivity contribution in [3.8, 4) is 16.3 Å². The highest BCUT2D eigenvalue weighted by Gasteiger charge is 2.08. The van der Waals surface area contributed by atoms with Crippen molar-refractivity contribution in [1.82, 2.24) is 10.4 Å². The molecule has 0 unspecified atom stereocenters. The van der Waals surface area contributed by atoms with E-state index in [0.29, 0.717) is 0 Å². The molecule has 0 aliphatic carbocycles. The molecule has 26 heavy (non-hydrogen) atoms. The van der Waals surface area contributed by atoms with Crippen molar-refractivity contribution >= 4 is 23.5 Å². The molecule has 0 spiro atoms. The maximum atomic E-state index is 12.0. The van der Waals surface area contributed by atoms with Crippen LogP contribution in [0.4, 0.5) is 0 Å². The molecule has 0 saturated carbocycles. The van der Waals surface area contributed by atoms with E-state index in [1.807, 2.05) is 60.8 Å². The molecule has 0 fully saturated rings. The molecule has 0 aliphatic rings. The molecule has 1 aromatic heterocycles. The topological polar surface area (TPSA) is 63.6 Å². The lowest BCUT2D eigenvalue weighted by Gasteiger charge is -2.04. The zero-order chi connectivity index (χ0) is 18.4. The van der Waals surface area contributed by atoms with Crippen LogP contribution in [0, 0.1) is 6.92 Å². The molecule has 1 amide bonds. The fourth-order valence-electron chi connectivity index (χ4n) is 2.47. The van der Waals surface area contributed by atoms with Gasteiger partial charge in [-0.25, -0.2) is 10.4 Å². The van der Waals surface area contributed by atoms with E-state index < -0.39 is 0 Å². The molecule has 1 N–H and O–H groups in total. The van der Waals surface area contributed by atoms with Crippen LogP contribution in [-0.4, -0.2) is 24.2 Å². The average molecular weight is 365 g/mol. The van der Waals surface area contributed by atoms with Crippen LogP contribution >= 0.6 is 11.3 Å². The van der Waals surface area contributed by atoms with Crippen LogP contribution in [0.2, 0.25) is 0 Å². The minimum absolute atomic E-state index is 0.197. The lowest BCUT2D eigenvalue weighted by molar-refractivity contribution is -0.120. The summed E-state index contributed by atoms with van der Waals surface area (Å²) in [5, 5.41) is 6.82. The van der Waals surface area contributed by atoms with Gasteiger partial charge in [0.25, 0.3) is 0 Å². The number of aromatic nitrogens is 1. The number of hydrogen-bond acceptors (Lipinski definition) is 5. The van der Waals surface area contributed by atoms with Gasteiger partial charge in [0.1, 0.15) is 10.8 Å². The van der Waals surface area contributed by atoms with Crippen molar-refractivity contribution < 1.29 is 9.53 Å². The number of nitrogens with one attached hydrogen (secondary N) is 1. The molecule has 0 atom stereocenters. The second-order valence-corrected chi connectivity index (χ2v) is 6.57. The number of thiazole rings is 1. The van der Waals surface area contributed by atoms with Crippen LogP contribution in [0.5, 0.6) is 5.75 Å². The van der Waals surface area contributed by atoms with E-state index in [1.165, 1.54) is 11.3 Å². The van der Waals surface area contributed by atoms with Gasteiger partial charge in [-0.15, -0.1) is 11.3 Å². The fourth-order valence-corrected chi connectivity index (χ4v) is 3.29. The van der Waals surface area contributed by atoms with E-state index in [0.717, 1.165) is 33.1 Å². The molecule has 2 aromatic carbocycles. The predicted octanol–water partition coefficient (Wildman–Crippen LogP) is 3.82. The van der Waals surface area contributed by atoms with Crippen molar-refractivity contribution in [3.05, 3.63) is 70.7 Å². The molecular formula is C20H19N3O2S. The number of rotatable bonds is 6. The second-order valence-electron chi connectivity index (χ2n) is 5.71. The van der Waals surface area contributed by atoms with Gasteiger partial charge in [-0.1, -0.05) is 30.3 Å². The lowest BCUT2D eigenvalue weighted by atomic mass is 10.1. The molecule has 5 nitrogen and oxygen atoms in total. The summed E-state index contributed by atoms with van der Waals surface area (Å²) >= 11 is 1.53. The van der Waals surface area contributed by atoms with Crippen molar-refractivity contribution in [2.45, 2.75) is 13.3 Å². The maximum Gasteiger partial charge on any atom is 0.246 e. The number of nitrogens with zero attached hydrogens (tertiary/aromatic N) is 2. The van der Waals surface area contributed by atoms with Gasteiger partial charge in [-0.3, -0.25) is 4.79 Å².